The van der Waals surface area contributed by atoms with Crippen LogP contribution in [0.25, 0.3) is 5.69 Å². The van der Waals surface area contributed by atoms with Crippen LogP contribution in [0.5, 0.6) is 0 Å². The number of hydrogen-bond donors (Lipinski definition) is 2. The fourth-order valence-electron chi connectivity index (χ4n) is 3.93. The third-order valence-electron chi connectivity index (χ3n) is 5.57. The van der Waals surface area contributed by atoms with Crippen LogP contribution in [0.15, 0.2) is 35.3 Å². The summed E-state index contributed by atoms with van der Waals surface area (Å²) in [6.45, 7) is 10.7. The maximum Gasteiger partial charge on any atom is 0.191 e. The van der Waals surface area contributed by atoms with Gasteiger partial charge in [-0.15, -0.1) is 0 Å². The minimum Gasteiger partial charge on any atom is -0.354 e. The Bertz CT molecular complexity index is 772. The molecule has 0 spiro atoms. The van der Waals surface area contributed by atoms with Crippen molar-refractivity contribution in [3.05, 3.63) is 47.3 Å². The van der Waals surface area contributed by atoms with Crippen molar-refractivity contribution in [3.63, 3.8) is 0 Å². The van der Waals surface area contributed by atoms with E-state index in [9.17, 15) is 0 Å². The summed E-state index contributed by atoms with van der Waals surface area (Å²) in [6.07, 6.45) is 3.58. The topological polar surface area (TPSA) is 57.5 Å². The van der Waals surface area contributed by atoms with E-state index in [1.807, 2.05) is 29.9 Å². The minimum absolute atomic E-state index is 0.494. The molecule has 152 valence electrons. The van der Waals surface area contributed by atoms with Gasteiger partial charge in [-0.1, -0.05) is 25.1 Å². The molecule has 0 bridgehead atoms. The van der Waals surface area contributed by atoms with Gasteiger partial charge >= 0.3 is 0 Å². The highest BCUT2D eigenvalue weighted by atomic mass is 15.3. The summed E-state index contributed by atoms with van der Waals surface area (Å²) in [6, 6.07) is 10.8. The Morgan fingerprint density at radius 2 is 1.89 bits per heavy atom. The molecule has 1 aromatic carbocycles. The Kier molecular flexibility index (Phi) is 7.09. The van der Waals surface area contributed by atoms with Crippen molar-refractivity contribution >= 4 is 5.96 Å². The van der Waals surface area contributed by atoms with Gasteiger partial charge in [-0.2, -0.15) is 5.10 Å². The molecule has 28 heavy (non-hydrogen) atoms. The summed E-state index contributed by atoms with van der Waals surface area (Å²) >= 11 is 0. The number of rotatable bonds is 6. The van der Waals surface area contributed by atoms with E-state index in [4.69, 9.17) is 5.10 Å². The molecule has 1 saturated heterocycles. The molecule has 0 saturated carbocycles. The van der Waals surface area contributed by atoms with Gasteiger partial charge < -0.3 is 15.5 Å². The first kappa shape index (κ1) is 20.4. The van der Waals surface area contributed by atoms with E-state index < -0.39 is 0 Å². The number of guanidine groups is 1. The van der Waals surface area contributed by atoms with Gasteiger partial charge in [0.15, 0.2) is 5.96 Å². The van der Waals surface area contributed by atoms with Crippen LogP contribution in [0.4, 0.5) is 0 Å². The Morgan fingerprint density at radius 1 is 1.18 bits per heavy atom. The summed E-state index contributed by atoms with van der Waals surface area (Å²) in [5, 5.41) is 11.8. The average Bonchev–Trinajstić information content (AvgIpc) is 3.01. The zero-order chi connectivity index (χ0) is 19.9. The largest absolute Gasteiger partial charge is 0.354 e. The average molecular weight is 383 g/mol. The summed E-state index contributed by atoms with van der Waals surface area (Å²) in [7, 11) is 1.84. The number of benzene rings is 1. The molecule has 0 amide bonds. The van der Waals surface area contributed by atoms with Gasteiger partial charge in [0.2, 0.25) is 0 Å². The normalized spacial score (nSPS) is 16.4. The number of aromatic nitrogens is 2. The second kappa shape index (κ2) is 9.73. The highest BCUT2D eigenvalue weighted by Crippen LogP contribution is 2.17. The SMILES string of the molecule is CCCN1CCC(NC(=NC)NCc2c(C)nn(-c3ccccc3)c2C)CC1. The quantitative estimate of drug-likeness (QED) is 0.596. The van der Waals surface area contributed by atoms with Crippen molar-refractivity contribution in [2.45, 2.75) is 52.6 Å². The van der Waals surface area contributed by atoms with Gasteiger partial charge in [0.25, 0.3) is 0 Å². The number of para-hydroxylation sites is 1. The molecule has 0 aliphatic carbocycles. The van der Waals surface area contributed by atoms with E-state index in [2.05, 4.69) is 53.4 Å². The number of aryl methyl sites for hydroxylation is 1. The van der Waals surface area contributed by atoms with Crippen molar-refractivity contribution < 1.29 is 0 Å². The van der Waals surface area contributed by atoms with Gasteiger partial charge in [-0.05, 0) is 51.8 Å². The third kappa shape index (κ3) is 4.93. The summed E-state index contributed by atoms with van der Waals surface area (Å²) in [5.74, 6) is 0.875. The molecule has 3 rings (SSSR count). The number of likely N-dealkylation sites (tertiary alicyclic amines) is 1. The maximum atomic E-state index is 4.74. The van der Waals surface area contributed by atoms with Crippen LogP contribution in [0.1, 0.15) is 43.1 Å². The predicted molar refractivity (Wildman–Crippen MR) is 116 cm³/mol. The number of nitrogens with one attached hydrogen (secondary N) is 2. The van der Waals surface area contributed by atoms with E-state index in [-0.39, 0.29) is 0 Å². The monoisotopic (exact) mass is 382 g/mol. The summed E-state index contributed by atoms with van der Waals surface area (Å²) in [4.78, 5) is 6.99. The molecule has 1 aromatic heterocycles. The van der Waals surface area contributed by atoms with Gasteiger partial charge in [0.05, 0.1) is 11.4 Å². The lowest BCUT2D eigenvalue weighted by Crippen LogP contribution is -2.48. The molecular weight excluding hydrogens is 348 g/mol. The summed E-state index contributed by atoms with van der Waals surface area (Å²) < 4.78 is 2.02. The minimum atomic E-state index is 0.494. The van der Waals surface area contributed by atoms with E-state index >= 15 is 0 Å². The highest BCUT2D eigenvalue weighted by molar-refractivity contribution is 5.80. The Hall–Kier alpha value is -2.34. The second-order valence-electron chi connectivity index (χ2n) is 7.58. The highest BCUT2D eigenvalue weighted by Gasteiger charge is 2.20. The smallest absolute Gasteiger partial charge is 0.191 e. The Balaban J connectivity index is 1.58. The lowest BCUT2D eigenvalue weighted by molar-refractivity contribution is 0.206. The first-order valence-electron chi connectivity index (χ1n) is 10.4. The number of piperidine rings is 1. The fourth-order valence-corrected chi connectivity index (χ4v) is 3.93. The van der Waals surface area contributed by atoms with Crippen LogP contribution in [0.2, 0.25) is 0 Å². The van der Waals surface area contributed by atoms with E-state index in [1.54, 1.807) is 0 Å². The predicted octanol–water partition coefficient (Wildman–Crippen LogP) is 3.03. The lowest BCUT2D eigenvalue weighted by Gasteiger charge is -2.32. The maximum absolute atomic E-state index is 4.74. The molecule has 1 aliphatic heterocycles. The van der Waals surface area contributed by atoms with E-state index in [1.165, 1.54) is 50.2 Å². The number of nitrogens with zero attached hydrogens (tertiary/aromatic N) is 4. The molecule has 0 atom stereocenters. The van der Waals surface area contributed by atoms with E-state index in [0.717, 1.165) is 23.9 Å². The van der Waals surface area contributed by atoms with Gasteiger partial charge in [-0.25, -0.2) is 4.68 Å². The summed E-state index contributed by atoms with van der Waals surface area (Å²) in [5.41, 5.74) is 4.54. The number of hydrogen-bond acceptors (Lipinski definition) is 3. The molecule has 6 nitrogen and oxygen atoms in total. The molecule has 2 heterocycles. The second-order valence-corrected chi connectivity index (χ2v) is 7.58. The van der Waals surface area contributed by atoms with Gasteiger partial charge in [-0.3, -0.25) is 4.99 Å². The van der Waals surface area contributed by atoms with Crippen molar-refractivity contribution in [1.82, 2.24) is 25.3 Å². The lowest BCUT2D eigenvalue weighted by atomic mass is 10.1. The van der Waals surface area contributed by atoms with Crippen molar-refractivity contribution in [2.24, 2.45) is 4.99 Å². The van der Waals surface area contributed by atoms with Crippen molar-refractivity contribution in [2.75, 3.05) is 26.7 Å². The van der Waals surface area contributed by atoms with Crippen LogP contribution in [-0.4, -0.2) is 53.4 Å². The first-order chi connectivity index (χ1) is 13.6. The fraction of sp³-hybridized carbons (Fsp3) is 0.545. The van der Waals surface area contributed by atoms with Gasteiger partial charge in [0, 0.05) is 44.0 Å². The molecule has 1 aliphatic rings. The Labute approximate surface area is 169 Å². The van der Waals surface area contributed by atoms with Crippen molar-refractivity contribution in [3.8, 4) is 5.69 Å². The molecule has 6 heteroatoms. The zero-order valence-electron chi connectivity index (χ0n) is 17.7. The standard InChI is InChI=1S/C22H34N6/c1-5-13-27-14-11-19(12-15-27)25-22(23-4)24-16-21-17(2)26-28(18(21)3)20-9-7-6-8-10-20/h6-10,19H,5,11-16H2,1-4H3,(H2,23,24,25). The van der Waals surface area contributed by atoms with Crippen LogP contribution in [0.3, 0.4) is 0 Å². The first-order valence-corrected chi connectivity index (χ1v) is 10.4. The molecule has 0 radical (unpaired) electrons. The molecule has 2 aromatic rings. The van der Waals surface area contributed by atoms with Gasteiger partial charge in [0.1, 0.15) is 0 Å². The van der Waals surface area contributed by atoms with E-state index in [0.29, 0.717) is 6.04 Å². The molecule has 0 unspecified atom stereocenters. The van der Waals surface area contributed by atoms with Crippen LogP contribution in [0, 0.1) is 13.8 Å². The third-order valence-corrected chi connectivity index (χ3v) is 5.57. The molecule has 2 N–H and O–H groups in total. The zero-order valence-corrected chi connectivity index (χ0v) is 17.7. The van der Waals surface area contributed by atoms with Crippen molar-refractivity contribution in [1.29, 1.82) is 0 Å². The molecule has 1 fully saturated rings. The van der Waals surface area contributed by atoms with Crippen LogP contribution < -0.4 is 10.6 Å². The number of aliphatic imine (C=N–C) groups is 1. The van der Waals surface area contributed by atoms with Crippen LogP contribution in [-0.2, 0) is 6.54 Å². The van der Waals surface area contributed by atoms with Crippen LogP contribution >= 0.6 is 0 Å². The Morgan fingerprint density at radius 3 is 2.54 bits per heavy atom. The molecular formula is C22H34N6.